The average Bonchev–Trinajstić information content (AvgIpc) is 2.37. The van der Waals surface area contributed by atoms with Crippen LogP contribution >= 0.6 is 0 Å². The molecule has 1 aromatic heterocycles. The Morgan fingerprint density at radius 1 is 1.42 bits per heavy atom. The first-order valence-corrected chi connectivity index (χ1v) is 6.95. The molecule has 2 heterocycles. The largest absolute Gasteiger partial charge is 0.388 e. The van der Waals surface area contributed by atoms with Gasteiger partial charge in [-0.2, -0.15) is 0 Å². The number of piperidine rings is 1. The summed E-state index contributed by atoms with van der Waals surface area (Å²) in [6.45, 7) is 7.64. The smallest absolute Gasteiger partial charge is 0.135 e. The second-order valence-corrected chi connectivity index (χ2v) is 5.90. The van der Waals surface area contributed by atoms with E-state index in [0.29, 0.717) is 6.54 Å². The summed E-state index contributed by atoms with van der Waals surface area (Å²) in [5, 5.41) is 13.3. The summed E-state index contributed by atoms with van der Waals surface area (Å²) in [5.41, 5.74) is -0.624. The predicted molar refractivity (Wildman–Crippen MR) is 77.7 cm³/mol. The molecular formula is C14H24N4O. The topological polar surface area (TPSA) is 61.3 Å². The summed E-state index contributed by atoms with van der Waals surface area (Å²) in [6, 6.07) is 1.95. The maximum Gasteiger partial charge on any atom is 0.135 e. The molecule has 1 atom stereocenters. The van der Waals surface area contributed by atoms with E-state index < -0.39 is 5.60 Å². The van der Waals surface area contributed by atoms with Gasteiger partial charge < -0.3 is 15.3 Å². The molecule has 0 saturated carbocycles. The zero-order valence-electron chi connectivity index (χ0n) is 12.3. The van der Waals surface area contributed by atoms with Gasteiger partial charge in [-0.3, -0.25) is 0 Å². The lowest BCUT2D eigenvalue weighted by molar-refractivity contribution is 0.0447. The molecule has 1 aliphatic heterocycles. The van der Waals surface area contributed by atoms with Crippen molar-refractivity contribution in [3.05, 3.63) is 11.9 Å². The van der Waals surface area contributed by atoms with Crippen molar-refractivity contribution in [2.75, 3.05) is 30.4 Å². The minimum absolute atomic E-state index is 0.289. The average molecular weight is 264 g/mol. The summed E-state index contributed by atoms with van der Waals surface area (Å²) in [7, 11) is 1.86. The lowest BCUT2D eigenvalue weighted by atomic mass is 9.95. The van der Waals surface area contributed by atoms with Gasteiger partial charge in [-0.05, 0) is 19.8 Å². The molecule has 0 amide bonds. The molecule has 19 heavy (non-hydrogen) atoms. The van der Waals surface area contributed by atoms with Crippen molar-refractivity contribution in [2.24, 2.45) is 0 Å². The number of aliphatic hydroxyl groups is 1. The van der Waals surface area contributed by atoms with Gasteiger partial charge in [0.2, 0.25) is 0 Å². The van der Waals surface area contributed by atoms with E-state index in [1.165, 1.54) is 0 Å². The Morgan fingerprint density at radius 3 is 2.74 bits per heavy atom. The molecule has 0 bridgehead atoms. The Hall–Kier alpha value is -1.36. The van der Waals surface area contributed by atoms with E-state index in [2.05, 4.69) is 34.0 Å². The molecule has 1 saturated heterocycles. The molecule has 2 rings (SSSR count). The number of β-amino-alcohol motifs (C(OH)–C–C–N with tert-alkyl or cyclic N) is 1. The number of rotatable bonds is 3. The summed E-state index contributed by atoms with van der Waals surface area (Å²) in [5.74, 6) is 2.87. The summed E-state index contributed by atoms with van der Waals surface area (Å²) in [4.78, 5) is 11.3. The van der Waals surface area contributed by atoms with Crippen LogP contribution in [0.4, 0.5) is 11.6 Å². The Balaban J connectivity index is 2.30. The zero-order chi connectivity index (χ0) is 14.0. The van der Waals surface area contributed by atoms with Gasteiger partial charge in [0.25, 0.3) is 0 Å². The molecule has 0 spiro atoms. The van der Waals surface area contributed by atoms with Gasteiger partial charge in [0.15, 0.2) is 0 Å². The van der Waals surface area contributed by atoms with Gasteiger partial charge in [-0.1, -0.05) is 13.8 Å². The Labute approximate surface area is 115 Å². The lowest BCUT2D eigenvalue weighted by Gasteiger charge is -2.37. The van der Waals surface area contributed by atoms with Crippen LogP contribution < -0.4 is 10.2 Å². The van der Waals surface area contributed by atoms with Gasteiger partial charge in [-0.15, -0.1) is 0 Å². The Kier molecular flexibility index (Phi) is 3.94. The monoisotopic (exact) mass is 264 g/mol. The highest BCUT2D eigenvalue weighted by molar-refractivity contribution is 5.50. The fraction of sp³-hybridized carbons (Fsp3) is 0.714. The van der Waals surface area contributed by atoms with Crippen LogP contribution in [0.25, 0.3) is 0 Å². The van der Waals surface area contributed by atoms with Crippen molar-refractivity contribution in [1.82, 2.24) is 9.97 Å². The van der Waals surface area contributed by atoms with Crippen molar-refractivity contribution in [3.8, 4) is 0 Å². The Bertz CT molecular complexity index is 445. The molecule has 0 aliphatic carbocycles. The predicted octanol–water partition coefficient (Wildman–Crippen LogP) is 1.99. The second kappa shape index (κ2) is 5.33. The van der Waals surface area contributed by atoms with E-state index in [-0.39, 0.29) is 5.92 Å². The fourth-order valence-electron chi connectivity index (χ4n) is 2.42. The highest BCUT2D eigenvalue weighted by atomic mass is 16.3. The number of nitrogens with one attached hydrogen (secondary N) is 1. The van der Waals surface area contributed by atoms with Crippen LogP contribution in [0, 0.1) is 0 Å². The molecule has 0 radical (unpaired) electrons. The number of hydrogen-bond donors (Lipinski definition) is 2. The molecule has 5 heteroatoms. The molecule has 5 nitrogen and oxygen atoms in total. The number of nitrogens with zero attached hydrogens (tertiary/aromatic N) is 3. The van der Waals surface area contributed by atoms with E-state index in [0.717, 1.165) is 36.8 Å². The van der Waals surface area contributed by atoms with Crippen LogP contribution in [-0.4, -0.2) is 40.8 Å². The van der Waals surface area contributed by atoms with E-state index in [1.54, 1.807) is 0 Å². The molecule has 2 N–H and O–H groups in total. The van der Waals surface area contributed by atoms with E-state index in [1.807, 2.05) is 20.0 Å². The lowest BCUT2D eigenvalue weighted by Crippen LogP contribution is -2.46. The van der Waals surface area contributed by atoms with Gasteiger partial charge in [0.05, 0.1) is 5.60 Å². The normalized spacial score (nSPS) is 23.8. The number of aromatic nitrogens is 2. The first-order chi connectivity index (χ1) is 8.91. The third-order valence-electron chi connectivity index (χ3n) is 3.50. The van der Waals surface area contributed by atoms with Crippen LogP contribution in [0.2, 0.25) is 0 Å². The quantitative estimate of drug-likeness (QED) is 0.874. The molecule has 1 fully saturated rings. The minimum atomic E-state index is -0.624. The first kappa shape index (κ1) is 14.1. The van der Waals surface area contributed by atoms with Crippen molar-refractivity contribution in [3.63, 3.8) is 0 Å². The second-order valence-electron chi connectivity index (χ2n) is 5.90. The molecule has 1 unspecified atom stereocenters. The summed E-state index contributed by atoms with van der Waals surface area (Å²) < 4.78 is 0. The van der Waals surface area contributed by atoms with Gasteiger partial charge in [0, 0.05) is 32.1 Å². The molecule has 106 valence electrons. The maximum absolute atomic E-state index is 10.2. The first-order valence-electron chi connectivity index (χ1n) is 6.95. The van der Waals surface area contributed by atoms with Crippen molar-refractivity contribution >= 4 is 11.6 Å². The van der Waals surface area contributed by atoms with Gasteiger partial charge >= 0.3 is 0 Å². The summed E-state index contributed by atoms with van der Waals surface area (Å²) in [6.07, 6.45) is 1.84. The van der Waals surface area contributed by atoms with Crippen LogP contribution in [-0.2, 0) is 0 Å². The van der Waals surface area contributed by atoms with Crippen LogP contribution in [0.15, 0.2) is 6.07 Å². The number of anilines is 2. The van der Waals surface area contributed by atoms with E-state index in [9.17, 15) is 5.11 Å². The standard InChI is InChI=1S/C14H24N4O/c1-10(2)13-16-11(15-4)8-12(17-13)18-7-5-6-14(3,19)9-18/h8,10,19H,5-7,9H2,1-4H3,(H,15,16,17). The fourth-order valence-corrected chi connectivity index (χ4v) is 2.42. The highest BCUT2D eigenvalue weighted by Crippen LogP contribution is 2.26. The van der Waals surface area contributed by atoms with Crippen molar-refractivity contribution in [2.45, 2.75) is 45.1 Å². The minimum Gasteiger partial charge on any atom is -0.388 e. The summed E-state index contributed by atoms with van der Waals surface area (Å²) >= 11 is 0. The van der Waals surface area contributed by atoms with Gasteiger partial charge in [0.1, 0.15) is 17.5 Å². The molecule has 1 aliphatic rings. The van der Waals surface area contributed by atoms with Gasteiger partial charge in [-0.25, -0.2) is 9.97 Å². The van der Waals surface area contributed by atoms with Crippen molar-refractivity contribution in [1.29, 1.82) is 0 Å². The zero-order valence-corrected chi connectivity index (χ0v) is 12.3. The molecule has 1 aromatic rings. The van der Waals surface area contributed by atoms with Crippen LogP contribution in [0.3, 0.4) is 0 Å². The third kappa shape index (κ3) is 3.35. The highest BCUT2D eigenvalue weighted by Gasteiger charge is 2.29. The maximum atomic E-state index is 10.2. The van der Waals surface area contributed by atoms with E-state index >= 15 is 0 Å². The molecule has 0 aromatic carbocycles. The van der Waals surface area contributed by atoms with Crippen molar-refractivity contribution < 1.29 is 5.11 Å². The Morgan fingerprint density at radius 2 is 2.16 bits per heavy atom. The SMILES string of the molecule is CNc1cc(N2CCCC(C)(O)C2)nc(C(C)C)n1. The molecular weight excluding hydrogens is 240 g/mol. The van der Waals surface area contributed by atoms with Crippen LogP contribution in [0.5, 0.6) is 0 Å². The van der Waals surface area contributed by atoms with Crippen LogP contribution in [0.1, 0.15) is 45.4 Å². The third-order valence-corrected chi connectivity index (χ3v) is 3.50. The number of hydrogen-bond acceptors (Lipinski definition) is 5. The van der Waals surface area contributed by atoms with E-state index in [4.69, 9.17) is 0 Å².